The maximum absolute atomic E-state index is 12.4. The molecule has 11 aliphatic heterocycles. The summed E-state index contributed by atoms with van der Waals surface area (Å²) in [5.74, 6) is 0.146. The smallest absolute Gasteiger partial charge is 0.351 e. The second-order valence-electron chi connectivity index (χ2n) is 29.6. The maximum atomic E-state index is 12.4. The Labute approximate surface area is 703 Å². The van der Waals surface area contributed by atoms with Gasteiger partial charge in [0, 0.05) is 58.4 Å². The van der Waals surface area contributed by atoms with Crippen molar-refractivity contribution < 1.29 is 118 Å². The van der Waals surface area contributed by atoms with E-state index in [1.165, 1.54) is 28.8 Å². The van der Waals surface area contributed by atoms with Gasteiger partial charge in [0.2, 0.25) is 5.91 Å². The minimum absolute atomic E-state index is 0.0243. The van der Waals surface area contributed by atoms with Crippen LogP contribution in [-0.2, 0) is 137 Å². The van der Waals surface area contributed by atoms with Gasteiger partial charge in [-0.2, -0.15) is 4.98 Å². The Morgan fingerprint density at radius 2 is 1.13 bits per heavy atom. The van der Waals surface area contributed by atoms with Crippen LogP contribution in [0.4, 0.5) is 11.6 Å². The molecule has 13 heterocycles. The second-order valence-corrected chi connectivity index (χ2v) is 43.7. The van der Waals surface area contributed by atoms with Gasteiger partial charge in [-0.05, 0) is 102 Å². The van der Waals surface area contributed by atoms with E-state index in [9.17, 15) is 49.4 Å². The summed E-state index contributed by atoms with van der Waals surface area (Å²) in [6, 6.07) is 0.0836. The molecule has 0 aromatic carbocycles. The molecule has 118 heavy (non-hydrogen) atoms. The highest BCUT2D eigenvalue weighted by Crippen LogP contribution is 2.55. The number of rotatable bonds is 33. The number of anilines is 2. The number of nitrogens with one attached hydrogen (secondary N) is 10. The van der Waals surface area contributed by atoms with E-state index in [-0.39, 0.29) is 88.3 Å². The van der Waals surface area contributed by atoms with Crippen LogP contribution in [0.3, 0.4) is 0 Å². The average Bonchev–Trinajstić information content (AvgIpc) is 1.63. The lowest BCUT2D eigenvalue weighted by molar-refractivity contribution is -0.159. The van der Waals surface area contributed by atoms with Gasteiger partial charge in [-0.1, -0.05) is 13.8 Å². The van der Waals surface area contributed by atoms with E-state index < -0.39 is 206 Å². The van der Waals surface area contributed by atoms with Crippen molar-refractivity contribution in [3.63, 3.8) is 0 Å². The van der Waals surface area contributed by atoms with E-state index in [2.05, 4.69) is 63.1 Å². The van der Waals surface area contributed by atoms with Crippen LogP contribution >= 0.6 is 33.6 Å². The van der Waals surface area contributed by atoms with Gasteiger partial charge in [-0.3, -0.25) is 62.2 Å². The summed E-state index contributed by atoms with van der Waals surface area (Å²) in [6.45, 7) is -16.5. The van der Waals surface area contributed by atoms with Gasteiger partial charge in [0.05, 0.1) is 126 Å². The number of aliphatic hydroxyl groups is 3. The van der Waals surface area contributed by atoms with Crippen LogP contribution in [0.15, 0.2) is 35.7 Å². The molecule has 672 valence electrons. The summed E-state index contributed by atoms with van der Waals surface area (Å²) in [7, 11) is 1.20. The van der Waals surface area contributed by atoms with Crippen LogP contribution in [0.1, 0.15) is 83.1 Å². The number of carbonyl (C=O) groups is 1. The van der Waals surface area contributed by atoms with E-state index in [0.29, 0.717) is 50.7 Å². The zero-order valence-corrected chi connectivity index (χ0v) is 72.5. The SMILES string of the molecule is COP(O)(=S)OC[C@H]1O[C@@H](N2C=CC(N)NC2O)C[C@H]1OP(O)(=S)OC[C@H]1O[C@@H](n2cnc3c2NCNC3N)C[C@H]1OP(O)(=S)OC[C@H]1O[C@@H](NC2NCNC(N)C2N)C[C@H]1C.C[C@@H]1C[C@H](n2ccc(N)nc2=O)O[C@@H]1COP(O)(=S)O[C@@H]1C[C@H](N2CC[C@H](N)NC2O)O[C@@H]1COP(O)(=S)O[C@@H]1C[C@@H](NC2NC(N)NC(=O)C2N)O[C@@H]1CO. The number of carbonyl (C=O) groups excluding carboxylic acids is 1. The van der Waals surface area contributed by atoms with E-state index in [0.717, 1.165) is 0 Å². The van der Waals surface area contributed by atoms with Gasteiger partial charge in [-0.25, -0.2) is 14.7 Å². The zero-order valence-electron chi connectivity index (χ0n) is 63.9. The molecule has 15 unspecified atom stereocenters. The number of amides is 1. The highest BCUT2D eigenvalue weighted by atomic mass is 32.5. The number of aromatic nitrogens is 4. The average molecular weight is 1870 g/mol. The molecular formula is C58H109N24O26P5S5. The first kappa shape index (κ1) is 95.5. The molecule has 2 aromatic heterocycles. The van der Waals surface area contributed by atoms with Crippen molar-refractivity contribution in [3.8, 4) is 0 Å². The second kappa shape index (κ2) is 41.2. The lowest BCUT2D eigenvalue weighted by Crippen LogP contribution is -2.74. The van der Waals surface area contributed by atoms with Gasteiger partial charge in [0.15, 0.2) is 12.7 Å². The third-order valence-electron chi connectivity index (χ3n) is 21.2. The van der Waals surface area contributed by atoms with Crippen LogP contribution in [0.25, 0.3) is 0 Å². The number of nitrogen functional groups attached to an aromatic ring is 1. The first-order valence-electron chi connectivity index (χ1n) is 37.7. The van der Waals surface area contributed by atoms with Crippen LogP contribution in [0.5, 0.6) is 0 Å². The van der Waals surface area contributed by atoms with Crippen LogP contribution in [0, 0.1) is 11.8 Å². The summed E-state index contributed by atoms with van der Waals surface area (Å²) in [5, 5.41) is 61.2. The van der Waals surface area contributed by atoms with E-state index in [1.807, 2.05) is 13.8 Å². The molecule has 34 atom stereocenters. The molecule has 0 radical (unpaired) electrons. The molecule has 2 aromatic rings. The minimum atomic E-state index is -4.14. The first-order chi connectivity index (χ1) is 55.7. The fourth-order valence-corrected chi connectivity index (χ4v) is 21.3. The summed E-state index contributed by atoms with van der Waals surface area (Å²) in [4.78, 5) is 91.3. The Kier molecular flexibility index (Phi) is 33.3. The summed E-state index contributed by atoms with van der Waals surface area (Å²) < 4.78 is 97.4. The van der Waals surface area contributed by atoms with Crippen molar-refractivity contribution in [2.24, 2.45) is 52.0 Å². The Morgan fingerprint density at radius 3 is 1.73 bits per heavy atom. The molecule has 0 bridgehead atoms. The van der Waals surface area contributed by atoms with E-state index in [1.54, 1.807) is 28.1 Å². The molecule has 0 saturated carbocycles. The van der Waals surface area contributed by atoms with Crippen molar-refractivity contribution in [1.82, 2.24) is 76.8 Å². The number of nitrogens with two attached hydrogens (primary N) is 8. The largest absolute Gasteiger partial charge is 0.394 e. The Balaban J connectivity index is 0.000000218. The number of aliphatic hydroxyl groups excluding tert-OH is 3. The van der Waals surface area contributed by atoms with Crippen LogP contribution < -0.4 is 105 Å². The number of fused-ring (bicyclic) bond motifs is 1. The molecule has 34 N–H and O–H groups in total. The summed E-state index contributed by atoms with van der Waals surface area (Å²) >= 11 is 26.7. The molecule has 9 fully saturated rings. The Morgan fingerprint density at radius 1 is 0.602 bits per heavy atom. The minimum Gasteiger partial charge on any atom is -0.394 e. The molecule has 11 aliphatic rings. The third-order valence-corrected chi connectivity index (χ3v) is 29.2. The molecule has 0 aliphatic carbocycles. The van der Waals surface area contributed by atoms with Gasteiger partial charge in [-0.15, -0.1) is 0 Å². The van der Waals surface area contributed by atoms with E-state index in [4.69, 9.17) is 179 Å². The van der Waals surface area contributed by atoms with Crippen molar-refractivity contribution in [2.75, 3.05) is 77.7 Å². The third kappa shape index (κ3) is 25.2. The number of nitrogens with zero attached hydrogens (tertiary/aromatic N) is 6. The Hall–Kier alpha value is -1.65. The maximum Gasteiger partial charge on any atom is 0.351 e. The van der Waals surface area contributed by atoms with Crippen molar-refractivity contribution in [1.29, 1.82) is 0 Å². The lowest BCUT2D eigenvalue weighted by atomic mass is 10.0. The summed E-state index contributed by atoms with van der Waals surface area (Å²) in [6.07, 6.45) is -10.9. The first-order valence-corrected chi connectivity index (χ1v) is 50.7. The number of hydrogen-bond donors (Lipinski definition) is 26. The normalized spacial score (nSPS) is 40.4. The predicted octanol–water partition coefficient (Wildman–Crippen LogP) is -7.99. The van der Waals surface area contributed by atoms with Gasteiger partial charge >= 0.3 is 39.3 Å². The fraction of sp³-hybridized carbons (Fsp3) is 0.828. The monoisotopic (exact) mass is 1870 g/mol. The van der Waals surface area contributed by atoms with Crippen molar-refractivity contribution in [2.45, 2.75) is 225 Å². The molecule has 0 spiro atoms. The fourth-order valence-electron chi connectivity index (χ4n) is 14.8. The number of imidazole rings is 1. The zero-order chi connectivity index (χ0) is 85.1. The van der Waals surface area contributed by atoms with Gasteiger partial charge < -0.3 is 169 Å². The molecule has 60 heteroatoms. The van der Waals surface area contributed by atoms with Crippen molar-refractivity contribution >= 4 is 110 Å². The Bertz CT molecular complexity index is 4060. The van der Waals surface area contributed by atoms with Crippen molar-refractivity contribution in [3.05, 3.63) is 47.0 Å². The van der Waals surface area contributed by atoms with Crippen LogP contribution in [0.2, 0.25) is 0 Å². The summed E-state index contributed by atoms with van der Waals surface area (Å²) in [5.41, 5.74) is 47.7. The molecular weight excluding hydrogens is 1760 g/mol. The molecule has 50 nitrogen and oxygen atoms in total. The predicted molar refractivity (Wildman–Crippen MR) is 433 cm³/mol. The van der Waals surface area contributed by atoms with E-state index >= 15 is 0 Å². The topological polar surface area (TPSA) is 714 Å². The number of hydrogen-bond acceptors (Lipinski definition) is 47. The highest BCUT2D eigenvalue weighted by Gasteiger charge is 2.51. The van der Waals surface area contributed by atoms with Crippen LogP contribution in [-0.4, -0.2) is 289 Å². The van der Waals surface area contributed by atoms with Gasteiger partial charge in [0.25, 0.3) is 0 Å². The standard InChI is InChI=1S/C30H58N13O13P3S3.C28H51N11O13P2S2/c1-14-5-21(41-28-24(32)26(33)35-11-37-28)52-17(14)8-50-58(46,61)56-16-7-23(43-13-39-25-27(34)36-12-38-29(25)43)54-19(16)10-51-59(47,62)55-15-6-22(42-4-3-20(31)40-30(42)44)53-18(15)9-49-57(45,60)48-2;1-12-6-21(38-4-2-18(29)33-27(38)42)49-16(12)10-46-53(44,55)52-14-8-22(39-5-3-19(30)34-28(39)43)50-17(14)11-47-54(45,56)51-13-7-20(48-15(13)9-40)35-24-23(31)25(41)37-26(32)36-24/h3-4,13-24,26-28,30,35-38,40-41,44H,5-12,31-34H2,1-2H3,(H,45,60)(H,46,61)(H,47,62);2,4,12-17,19-24,26,28,34-36,40,43H,3,5-11,30-32H2,1H3,(H,37,41)(H,44,55)(H,45,56)(H2,29,33,42)/t14-,15-,16-,17-,18-,19-,20?,21-,22-,23-,24?,26?,27?,28?,30?,57?,58?,59?;12-,13-,14-,15-,16-,17-,19-,20+,21-,22-,23?,24?,26?,28?,53?,54?/m11/s1. The van der Waals surface area contributed by atoms with Gasteiger partial charge in [0.1, 0.15) is 97.6 Å². The quantitative estimate of drug-likeness (QED) is 0.0295. The molecule has 13 rings (SSSR count). The number of ether oxygens (including phenoxy) is 6. The lowest BCUT2D eigenvalue weighted by Gasteiger charge is -2.39. The molecule has 1 amide bonds. The highest BCUT2D eigenvalue weighted by molar-refractivity contribution is 8.08. The molecule has 9 saturated heterocycles.